The summed E-state index contributed by atoms with van der Waals surface area (Å²) in [5.74, 6) is -1.49. The number of alkyl halides is 3. The number of rotatable bonds is 2. The van der Waals surface area contributed by atoms with E-state index in [9.17, 15) is 23.1 Å². The number of esters is 1. The highest BCUT2D eigenvalue weighted by Crippen LogP contribution is 2.38. The van der Waals surface area contributed by atoms with Crippen molar-refractivity contribution in [2.75, 3.05) is 7.11 Å². The third-order valence-electron chi connectivity index (χ3n) is 3.52. The van der Waals surface area contributed by atoms with Crippen LogP contribution in [-0.2, 0) is 10.9 Å². The van der Waals surface area contributed by atoms with E-state index in [4.69, 9.17) is 0 Å². The molecule has 5 nitrogen and oxygen atoms in total. The van der Waals surface area contributed by atoms with Crippen molar-refractivity contribution in [2.24, 2.45) is 0 Å². The van der Waals surface area contributed by atoms with E-state index in [1.54, 1.807) is 6.20 Å². The van der Waals surface area contributed by atoms with Gasteiger partial charge in [-0.2, -0.15) is 13.2 Å². The number of phenolic OH excluding ortho intramolecular Hbond substituents is 1. The number of nitrogens with zero attached hydrogens (tertiary/aromatic N) is 2. The number of pyridine rings is 1. The normalized spacial score (nSPS) is 11.7. The Kier molecular flexibility index (Phi) is 3.67. The second-order valence-corrected chi connectivity index (χ2v) is 5.02. The number of methoxy groups -OCH3 is 1. The van der Waals surface area contributed by atoms with Gasteiger partial charge in [-0.15, -0.1) is 0 Å². The summed E-state index contributed by atoms with van der Waals surface area (Å²) in [6.45, 7) is 0. The molecule has 0 aliphatic heterocycles. The maximum Gasteiger partial charge on any atom is 0.419 e. The number of ether oxygens (including phenoxy) is 1. The summed E-state index contributed by atoms with van der Waals surface area (Å²) in [6.07, 6.45) is -0.199. The van der Waals surface area contributed by atoms with Crippen molar-refractivity contribution < 1.29 is 27.8 Å². The van der Waals surface area contributed by atoms with Gasteiger partial charge in [0.1, 0.15) is 11.4 Å². The lowest BCUT2D eigenvalue weighted by atomic mass is 10.0. The quantitative estimate of drug-likeness (QED) is 0.728. The van der Waals surface area contributed by atoms with Crippen molar-refractivity contribution in [3.8, 4) is 16.9 Å². The monoisotopic (exact) mass is 336 g/mol. The summed E-state index contributed by atoms with van der Waals surface area (Å²) < 4.78 is 45.2. The molecule has 0 aliphatic rings. The molecule has 0 saturated carbocycles. The first kappa shape index (κ1) is 15.9. The molecule has 24 heavy (non-hydrogen) atoms. The van der Waals surface area contributed by atoms with Gasteiger partial charge in [0.15, 0.2) is 0 Å². The number of fused-ring (bicyclic) bond motifs is 1. The molecule has 0 aliphatic carbocycles. The van der Waals surface area contributed by atoms with Crippen molar-refractivity contribution in [3.63, 3.8) is 0 Å². The van der Waals surface area contributed by atoms with Crippen LogP contribution in [0, 0.1) is 0 Å². The predicted molar refractivity (Wildman–Crippen MR) is 78.6 cm³/mol. The van der Waals surface area contributed by atoms with E-state index in [2.05, 4.69) is 9.72 Å². The van der Waals surface area contributed by atoms with Crippen LogP contribution in [0.1, 0.15) is 15.9 Å². The number of aromatic hydroxyl groups is 1. The van der Waals surface area contributed by atoms with Gasteiger partial charge in [-0.25, -0.2) is 9.78 Å². The number of halogens is 3. The molecule has 0 unspecified atom stereocenters. The Morgan fingerprint density at radius 3 is 2.71 bits per heavy atom. The van der Waals surface area contributed by atoms with Gasteiger partial charge >= 0.3 is 12.1 Å². The Labute approximate surface area is 133 Å². The van der Waals surface area contributed by atoms with Crippen molar-refractivity contribution >= 4 is 11.6 Å². The molecule has 0 atom stereocenters. The van der Waals surface area contributed by atoms with Gasteiger partial charge in [0.2, 0.25) is 0 Å². The highest BCUT2D eigenvalue weighted by Gasteiger charge is 2.34. The molecule has 3 aromatic rings. The lowest BCUT2D eigenvalue weighted by Gasteiger charge is -2.12. The number of carbonyl (C=O) groups is 1. The molecule has 0 bridgehead atoms. The predicted octanol–water partition coefficient (Wildman–Crippen LogP) is 3.51. The molecular formula is C16H11F3N2O3. The van der Waals surface area contributed by atoms with E-state index in [1.807, 2.05) is 0 Å². The van der Waals surface area contributed by atoms with Crippen molar-refractivity contribution in [1.29, 1.82) is 0 Å². The van der Waals surface area contributed by atoms with Gasteiger partial charge in [0.05, 0.1) is 18.2 Å². The van der Waals surface area contributed by atoms with Crippen LogP contribution in [0.15, 0.2) is 42.9 Å². The van der Waals surface area contributed by atoms with Crippen LogP contribution in [0.25, 0.3) is 16.8 Å². The van der Waals surface area contributed by atoms with E-state index in [0.717, 1.165) is 12.1 Å². The van der Waals surface area contributed by atoms with E-state index >= 15 is 0 Å². The first-order valence-electron chi connectivity index (χ1n) is 6.77. The molecular weight excluding hydrogens is 325 g/mol. The van der Waals surface area contributed by atoms with Crippen molar-refractivity contribution in [1.82, 2.24) is 9.38 Å². The zero-order chi connectivity index (χ0) is 17.5. The van der Waals surface area contributed by atoms with E-state index < -0.39 is 23.5 Å². The van der Waals surface area contributed by atoms with Crippen molar-refractivity contribution in [2.45, 2.75) is 6.18 Å². The van der Waals surface area contributed by atoms with Crippen LogP contribution in [-0.4, -0.2) is 27.6 Å². The van der Waals surface area contributed by atoms with E-state index in [-0.39, 0.29) is 11.1 Å². The fourth-order valence-electron chi connectivity index (χ4n) is 2.41. The van der Waals surface area contributed by atoms with Crippen LogP contribution < -0.4 is 0 Å². The Morgan fingerprint density at radius 1 is 1.29 bits per heavy atom. The zero-order valence-electron chi connectivity index (χ0n) is 12.3. The maximum atomic E-state index is 13.0. The van der Waals surface area contributed by atoms with Crippen molar-refractivity contribution in [3.05, 3.63) is 54.0 Å². The fraction of sp³-hybridized carbons (Fsp3) is 0.125. The van der Waals surface area contributed by atoms with E-state index in [0.29, 0.717) is 11.2 Å². The molecule has 1 N–H and O–H groups in total. The largest absolute Gasteiger partial charge is 0.507 e. The lowest BCUT2D eigenvalue weighted by molar-refractivity contribution is -0.138. The standard InChI is InChI=1S/C16H11F3N2O3/c1-24-15(23)10-6-11(14-20-4-5-21(14)8-10)9-2-3-13(22)12(7-9)16(17,18)19/h2-8,22H,1H3. The Balaban J connectivity index is 2.26. The van der Waals surface area contributed by atoms with Gasteiger partial charge in [-0.3, -0.25) is 0 Å². The number of benzene rings is 1. The summed E-state index contributed by atoms with van der Waals surface area (Å²) in [7, 11) is 1.21. The average molecular weight is 336 g/mol. The third-order valence-corrected chi connectivity index (χ3v) is 3.52. The third kappa shape index (κ3) is 2.66. The summed E-state index contributed by atoms with van der Waals surface area (Å²) in [5, 5.41) is 9.46. The highest BCUT2D eigenvalue weighted by molar-refractivity contribution is 5.93. The molecule has 8 heteroatoms. The smallest absolute Gasteiger partial charge is 0.419 e. The lowest BCUT2D eigenvalue weighted by Crippen LogP contribution is -2.06. The minimum Gasteiger partial charge on any atom is -0.507 e. The van der Waals surface area contributed by atoms with Crippen LogP contribution >= 0.6 is 0 Å². The fourth-order valence-corrected chi connectivity index (χ4v) is 2.41. The van der Waals surface area contributed by atoms with Gasteiger partial charge < -0.3 is 14.2 Å². The van der Waals surface area contributed by atoms with Crippen LogP contribution in [0.2, 0.25) is 0 Å². The number of phenols is 1. The first-order valence-corrected chi connectivity index (χ1v) is 6.77. The molecule has 0 amide bonds. The Morgan fingerprint density at radius 2 is 2.04 bits per heavy atom. The minimum absolute atomic E-state index is 0.166. The van der Waals surface area contributed by atoms with Gasteiger partial charge in [0, 0.05) is 24.2 Å². The average Bonchev–Trinajstić information content (AvgIpc) is 3.01. The van der Waals surface area contributed by atoms with E-state index in [1.165, 1.54) is 36.0 Å². The number of imidazole rings is 1. The SMILES string of the molecule is COC(=O)c1cc(-c2ccc(O)c(C(F)(F)F)c2)c2nccn2c1. The van der Waals surface area contributed by atoms with Crippen LogP contribution in [0.3, 0.4) is 0 Å². The molecule has 0 fully saturated rings. The second-order valence-electron chi connectivity index (χ2n) is 5.02. The number of hydrogen-bond donors (Lipinski definition) is 1. The molecule has 124 valence electrons. The molecule has 2 heterocycles. The van der Waals surface area contributed by atoms with Gasteiger partial charge in [-0.05, 0) is 23.8 Å². The summed E-state index contributed by atoms with van der Waals surface area (Å²) >= 11 is 0. The molecule has 2 aromatic heterocycles. The number of hydrogen-bond acceptors (Lipinski definition) is 4. The Bertz CT molecular complexity index is 932. The topological polar surface area (TPSA) is 63.8 Å². The Hall–Kier alpha value is -3.03. The molecule has 1 aromatic carbocycles. The molecule has 0 spiro atoms. The van der Waals surface area contributed by atoms with Crippen LogP contribution in [0.4, 0.5) is 13.2 Å². The second kappa shape index (κ2) is 5.55. The van der Waals surface area contributed by atoms with Gasteiger partial charge in [-0.1, -0.05) is 6.07 Å². The maximum absolute atomic E-state index is 13.0. The molecule has 0 saturated heterocycles. The van der Waals surface area contributed by atoms with Gasteiger partial charge in [0.25, 0.3) is 0 Å². The number of aromatic nitrogens is 2. The zero-order valence-corrected chi connectivity index (χ0v) is 12.3. The first-order chi connectivity index (χ1) is 11.3. The summed E-state index contributed by atoms with van der Waals surface area (Å²) in [5.41, 5.74) is -0.134. The highest BCUT2D eigenvalue weighted by atomic mass is 19.4. The number of carbonyl (C=O) groups excluding carboxylic acids is 1. The summed E-state index contributed by atoms with van der Waals surface area (Å²) in [4.78, 5) is 15.9. The molecule has 3 rings (SSSR count). The van der Waals surface area contributed by atoms with Crippen LogP contribution in [0.5, 0.6) is 5.75 Å². The summed E-state index contributed by atoms with van der Waals surface area (Å²) in [6, 6.07) is 4.51. The molecule has 0 radical (unpaired) electrons. The minimum atomic E-state index is -4.70.